The molecule has 0 spiro atoms. The minimum absolute atomic E-state index is 0.159. The number of hydrogen-bond donors (Lipinski definition) is 0. The largest absolute Gasteiger partial charge is 0.390 e. The monoisotopic (exact) mass is 251 g/mol. The van der Waals surface area contributed by atoms with Crippen molar-refractivity contribution in [1.82, 2.24) is 9.78 Å². The fraction of sp³-hybridized carbons (Fsp3) is 0.200. The summed E-state index contributed by atoms with van der Waals surface area (Å²) in [4.78, 5) is 21.2. The van der Waals surface area contributed by atoms with E-state index in [1.54, 1.807) is 17.7 Å². The van der Waals surface area contributed by atoms with Crippen molar-refractivity contribution in [2.45, 2.75) is 13.5 Å². The maximum absolute atomic E-state index is 10.6. The molecular weight excluding hydrogens is 242 g/mol. The second kappa shape index (κ2) is 4.46. The lowest BCUT2D eigenvalue weighted by atomic mass is 10.3. The molecule has 0 amide bonds. The van der Waals surface area contributed by atoms with Crippen LogP contribution in [-0.2, 0) is 6.54 Å². The van der Waals surface area contributed by atoms with Crippen LogP contribution in [0.2, 0.25) is 0 Å². The number of carbonyl (C=O) groups excluding carboxylic acids is 1. The van der Waals surface area contributed by atoms with E-state index in [0.717, 1.165) is 17.5 Å². The first-order valence-corrected chi connectivity index (χ1v) is 5.69. The molecule has 0 aliphatic heterocycles. The quantitative estimate of drug-likeness (QED) is 0.473. The molecule has 0 saturated heterocycles. The molecule has 7 heteroatoms. The van der Waals surface area contributed by atoms with Crippen LogP contribution in [0, 0.1) is 17.0 Å². The molecule has 6 nitrogen and oxygen atoms in total. The van der Waals surface area contributed by atoms with Crippen molar-refractivity contribution in [3.63, 3.8) is 0 Å². The summed E-state index contributed by atoms with van der Waals surface area (Å²) >= 11 is 1.34. The van der Waals surface area contributed by atoms with Crippen LogP contribution < -0.4 is 0 Å². The summed E-state index contributed by atoms with van der Waals surface area (Å²) in [7, 11) is 0. The van der Waals surface area contributed by atoms with Crippen molar-refractivity contribution in [2.75, 3.05) is 0 Å². The molecule has 2 rings (SSSR count). The molecule has 0 radical (unpaired) electrons. The van der Waals surface area contributed by atoms with Gasteiger partial charge in [-0.1, -0.05) is 0 Å². The fourth-order valence-electron chi connectivity index (χ4n) is 1.45. The molecule has 0 N–H and O–H groups in total. The van der Waals surface area contributed by atoms with E-state index in [1.165, 1.54) is 17.4 Å². The van der Waals surface area contributed by atoms with Crippen LogP contribution >= 0.6 is 11.3 Å². The van der Waals surface area contributed by atoms with Gasteiger partial charge in [0.25, 0.3) is 0 Å². The Morgan fingerprint density at radius 3 is 2.88 bits per heavy atom. The first kappa shape index (κ1) is 11.5. The van der Waals surface area contributed by atoms with Crippen molar-refractivity contribution < 1.29 is 9.72 Å². The van der Waals surface area contributed by atoms with Gasteiger partial charge in [0.2, 0.25) is 0 Å². The number of rotatable bonds is 4. The number of nitro groups is 1. The van der Waals surface area contributed by atoms with Gasteiger partial charge in [0.15, 0.2) is 6.29 Å². The van der Waals surface area contributed by atoms with Gasteiger partial charge in [-0.15, -0.1) is 11.3 Å². The van der Waals surface area contributed by atoms with Crippen molar-refractivity contribution in [3.05, 3.63) is 43.8 Å². The average Bonchev–Trinajstić information content (AvgIpc) is 2.87. The van der Waals surface area contributed by atoms with Crippen LogP contribution in [0.25, 0.3) is 0 Å². The predicted molar refractivity (Wildman–Crippen MR) is 62.4 cm³/mol. The number of aryl methyl sites for hydroxylation is 1. The molecule has 2 aromatic heterocycles. The summed E-state index contributed by atoms with van der Waals surface area (Å²) in [6, 6.07) is 3.18. The highest BCUT2D eigenvalue weighted by Crippen LogP contribution is 2.16. The first-order chi connectivity index (χ1) is 8.10. The van der Waals surface area contributed by atoms with Crippen LogP contribution in [0.1, 0.15) is 20.9 Å². The number of hydrogen-bond acceptors (Lipinski definition) is 5. The standard InChI is InChI=1S/C10H9N3O3S/c1-7-2-10(13(15)16)11-12(7)4-8-3-9(5-14)17-6-8/h2-3,5-6H,4H2,1H3. The second-order valence-electron chi connectivity index (χ2n) is 3.53. The molecule has 88 valence electrons. The highest BCUT2D eigenvalue weighted by atomic mass is 32.1. The van der Waals surface area contributed by atoms with Gasteiger partial charge < -0.3 is 10.1 Å². The Morgan fingerprint density at radius 2 is 2.35 bits per heavy atom. The molecule has 0 fully saturated rings. The zero-order valence-corrected chi connectivity index (χ0v) is 9.81. The van der Waals surface area contributed by atoms with Crippen molar-refractivity contribution in [1.29, 1.82) is 0 Å². The maximum Gasteiger partial charge on any atom is 0.390 e. The lowest BCUT2D eigenvalue weighted by molar-refractivity contribution is -0.389. The normalized spacial score (nSPS) is 10.4. The van der Waals surface area contributed by atoms with Gasteiger partial charge in [-0.05, 0) is 28.9 Å². The number of nitrogens with zero attached hydrogens (tertiary/aromatic N) is 3. The Kier molecular flexibility index (Phi) is 3.01. The van der Waals surface area contributed by atoms with Crippen molar-refractivity contribution in [2.24, 2.45) is 0 Å². The first-order valence-electron chi connectivity index (χ1n) is 4.81. The highest BCUT2D eigenvalue weighted by molar-refractivity contribution is 7.11. The molecular formula is C10H9N3O3S. The van der Waals surface area contributed by atoms with E-state index in [0.29, 0.717) is 11.4 Å². The van der Waals surface area contributed by atoms with E-state index in [4.69, 9.17) is 0 Å². The zero-order valence-electron chi connectivity index (χ0n) is 8.99. The minimum atomic E-state index is -0.520. The summed E-state index contributed by atoms with van der Waals surface area (Å²) in [5, 5.41) is 16.3. The van der Waals surface area contributed by atoms with E-state index in [1.807, 2.05) is 5.38 Å². The molecule has 0 bridgehead atoms. The topological polar surface area (TPSA) is 78.0 Å². The second-order valence-corrected chi connectivity index (χ2v) is 4.48. The van der Waals surface area contributed by atoms with Crippen molar-refractivity contribution in [3.8, 4) is 0 Å². The van der Waals surface area contributed by atoms with Gasteiger partial charge >= 0.3 is 5.82 Å². The lowest BCUT2D eigenvalue weighted by Crippen LogP contribution is -2.03. The Balaban J connectivity index is 2.23. The number of thiophene rings is 1. The fourth-order valence-corrected chi connectivity index (χ4v) is 2.16. The summed E-state index contributed by atoms with van der Waals surface area (Å²) in [5.74, 6) is -0.159. The summed E-state index contributed by atoms with van der Waals surface area (Å²) in [6.07, 6.45) is 0.784. The smallest absolute Gasteiger partial charge is 0.358 e. The molecule has 2 aromatic rings. The van der Waals surface area contributed by atoms with E-state index >= 15 is 0 Å². The molecule has 0 unspecified atom stereocenters. The molecule has 17 heavy (non-hydrogen) atoms. The average molecular weight is 251 g/mol. The Labute approximate surface area is 101 Å². The molecule has 0 aliphatic carbocycles. The van der Waals surface area contributed by atoms with Crippen LogP contribution in [0.15, 0.2) is 17.5 Å². The Bertz CT molecular complexity index is 573. The van der Waals surface area contributed by atoms with Crippen LogP contribution in [-0.4, -0.2) is 21.0 Å². The van der Waals surface area contributed by atoms with Crippen LogP contribution in [0.4, 0.5) is 5.82 Å². The summed E-state index contributed by atoms with van der Waals surface area (Å²) in [5.41, 5.74) is 1.63. The number of aromatic nitrogens is 2. The van der Waals surface area contributed by atoms with Gasteiger partial charge in [-0.3, -0.25) is 4.79 Å². The lowest BCUT2D eigenvalue weighted by Gasteiger charge is -1.95. The number of aldehydes is 1. The Morgan fingerprint density at radius 1 is 1.59 bits per heavy atom. The summed E-state index contributed by atoms with van der Waals surface area (Å²) in [6.45, 7) is 2.19. The van der Waals surface area contributed by atoms with E-state index in [2.05, 4.69) is 5.10 Å². The van der Waals surface area contributed by atoms with Gasteiger partial charge in [-0.25, -0.2) is 0 Å². The molecule has 0 saturated carbocycles. The predicted octanol–water partition coefficient (Wildman–Crippen LogP) is 2.02. The third kappa shape index (κ3) is 2.39. The van der Waals surface area contributed by atoms with Crippen molar-refractivity contribution >= 4 is 23.4 Å². The third-order valence-corrected chi connectivity index (χ3v) is 3.18. The van der Waals surface area contributed by atoms with E-state index in [-0.39, 0.29) is 5.82 Å². The van der Waals surface area contributed by atoms with Gasteiger partial charge in [0.1, 0.15) is 0 Å². The third-order valence-electron chi connectivity index (χ3n) is 2.28. The zero-order chi connectivity index (χ0) is 12.4. The van der Waals surface area contributed by atoms with E-state index < -0.39 is 4.92 Å². The van der Waals surface area contributed by atoms with Gasteiger partial charge in [0, 0.05) is 0 Å². The highest BCUT2D eigenvalue weighted by Gasteiger charge is 2.15. The minimum Gasteiger partial charge on any atom is -0.358 e. The molecule has 0 atom stereocenters. The SMILES string of the molecule is Cc1cc([N+](=O)[O-])nn1Cc1csc(C=O)c1. The van der Waals surface area contributed by atoms with E-state index in [9.17, 15) is 14.9 Å². The Hall–Kier alpha value is -2.02. The maximum atomic E-state index is 10.6. The molecule has 0 aromatic carbocycles. The van der Waals surface area contributed by atoms with Gasteiger partial charge in [0.05, 0.1) is 28.3 Å². The van der Waals surface area contributed by atoms with Gasteiger partial charge in [-0.2, -0.15) is 4.68 Å². The number of carbonyl (C=O) groups is 1. The van der Waals surface area contributed by atoms with Crippen LogP contribution in [0.3, 0.4) is 0 Å². The van der Waals surface area contributed by atoms with Crippen LogP contribution in [0.5, 0.6) is 0 Å². The summed E-state index contributed by atoms with van der Waals surface area (Å²) < 4.78 is 1.55. The molecule has 2 heterocycles. The molecule has 0 aliphatic rings.